The summed E-state index contributed by atoms with van der Waals surface area (Å²) in [5.74, 6) is 1.20. The number of piperidine rings is 1. The molecule has 0 aromatic carbocycles. The Labute approximate surface area is 100 Å². The molecule has 0 saturated carbocycles. The van der Waals surface area contributed by atoms with Crippen LogP contribution >= 0.6 is 0 Å². The molecular weight excluding hydrogens is 198 g/mol. The second kappa shape index (κ2) is 5.20. The van der Waals surface area contributed by atoms with Crippen molar-refractivity contribution < 1.29 is 4.79 Å². The maximum absolute atomic E-state index is 11.9. The molecule has 94 valence electrons. The van der Waals surface area contributed by atoms with Gasteiger partial charge in [-0.25, -0.2) is 0 Å². The van der Waals surface area contributed by atoms with E-state index in [4.69, 9.17) is 0 Å². The highest BCUT2D eigenvalue weighted by molar-refractivity contribution is 5.78. The summed E-state index contributed by atoms with van der Waals surface area (Å²) in [5, 5.41) is 0. The number of hydrogen-bond donors (Lipinski definition) is 0. The van der Waals surface area contributed by atoms with E-state index in [1.165, 1.54) is 19.3 Å². The highest BCUT2D eigenvalue weighted by atomic mass is 16.2. The fourth-order valence-electron chi connectivity index (χ4n) is 2.88. The second-order valence-corrected chi connectivity index (χ2v) is 5.85. The predicted octanol–water partition coefficient (Wildman–Crippen LogP) is 3.32. The second-order valence-electron chi connectivity index (χ2n) is 5.85. The maximum atomic E-state index is 11.9. The lowest BCUT2D eigenvalue weighted by molar-refractivity contribution is -0.137. The van der Waals surface area contributed by atoms with Gasteiger partial charge in [0.25, 0.3) is 0 Å². The van der Waals surface area contributed by atoms with E-state index in [1.54, 1.807) is 0 Å². The molecule has 16 heavy (non-hydrogen) atoms. The van der Waals surface area contributed by atoms with Crippen molar-refractivity contribution in [1.29, 1.82) is 0 Å². The minimum Gasteiger partial charge on any atom is -0.342 e. The van der Waals surface area contributed by atoms with Gasteiger partial charge in [0.05, 0.1) is 0 Å². The molecule has 2 nitrogen and oxygen atoms in total. The Morgan fingerprint density at radius 1 is 1.19 bits per heavy atom. The van der Waals surface area contributed by atoms with Gasteiger partial charge >= 0.3 is 0 Å². The lowest BCUT2D eigenvalue weighted by atomic mass is 9.68. The van der Waals surface area contributed by atoms with Gasteiger partial charge in [0.15, 0.2) is 0 Å². The van der Waals surface area contributed by atoms with Gasteiger partial charge in [0.2, 0.25) is 5.91 Å². The molecule has 1 heterocycles. The molecule has 1 aliphatic heterocycles. The minimum atomic E-state index is 0.146. The molecule has 1 amide bonds. The number of rotatable bonds is 3. The molecule has 0 spiro atoms. The van der Waals surface area contributed by atoms with E-state index >= 15 is 0 Å². The molecular formula is C14H27NO. The number of amides is 1. The Morgan fingerprint density at radius 3 is 2.00 bits per heavy atom. The van der Waals surface area contributed by atoms with Gasteiger partial charge in [0.1, 0.15) is 0 Å². The fraction of sp³-hybridized carbons (Fsp3) is 0.929. The first kappa shape index (κ1) is 13.5. The summed E-state index contributed by atoms with van der Waals surface area (Å²) in [4.78, 5) is 13.9. The van der Waals surface area contributed by atoms with Crippen LogP contribution in [0.25, 0.3) is 0 Å². The van der Waals surface area contributed by atoms with Crippen LogP contribution < -0.4 is 0 Å². The van der Waals surface area contributed by atoms with Crippen LogP contribution in [-0.4, -0.2) is 23.9 Å². The molecule has 2 heteroatoms. The molecule has 1 fully saturated rings. The standard InChI is InChI=1S/C14H27NO/c1-6-14(12(4)5)7-9-15(10-8-14)13(16)11(2)3/h11-12H,6-10H2,1-5H3. The average molecular weight is 225 g/mol. The van der Waals surface area contributed by atoms with Crippen LogP contribution in [0, 0.1) is 17.3 Å². The minimum absolute atomic E-state index is 0.146. The van der Waals surface area contributed by atoms with Gasteiger partial charge in [-0.15, -0.1) is 0 Å². The van der Waals surface area contributed by atoms with Crippen LogP contribution in [0.3, 0.4) is 0 Å². The average Bonchev–Trinajstić information content (AvgIpc) is 2.27. The van der Waals surface area contributed by atoms with Crippen LogP contribution in [-0.2, 0) is 4.79 Å². The third kappa shape index (κ3) is 2.58. The number of nitrogens with zero attached hydrogens (tertiary/aromatic N) is 1. The zero-order valence-electron chi connectivity index (χ0n) is 11.5. The molecule has 0 bridgehead atoms. The summed E-state index contributed by atoms with van der Waals surface area (Å²) in [6.07, 6.45) is 3.60. The first-order valence-electron chi connectivity index (χ1n) is 6.71. The van der Waals surface area contributed by atoms with Gasteiger partial charge in [0, 0.05) is 19.0 Å². The van der Waals surface area contributed by atoms with Crippen LogP contribution in [0.1, 0.15) is 53.9 Å². The Morgan fingerprint density at radius 2 is 1.69 bits per heavy atom. The largest absolute Gasteiger partial charge is 0.342 e. The summed E-state index contributed by atoms with van der Waals surface area (Å²) in [6.45, 7) is 12.8. The van der Waals surface area contributed by atoms with Crippen molar-refractivity contribution in [3.8, 4) is 0 Å². The van der Waals surface area contributed by atoms with Crippen molar-refractivity contribution >= 4 is 5.91 Å². The summed E-state index contributed by atoms with van der Waals surface area (Å²) in [6, 6.07) is 0. The highest BCUT2D eigenvalue weighted by Crippen LogP contribution is 2.41. The Balaban J connectivity index is 2.59. The third-order valence-electron chi connectivity index (χ3n) is 4.49. The van der Waals surface area contributed by atoms with E-state index < -0.39 is 0 Å². The van der Waals surface area contributed by atoms with E-state index in [2.05, 4.69) is 25.7 Å². The van der Waals surface area contributed by atoms with E-state index in [-0.39, 0.29) is 5.92 Å². The van der Waals surface area contributed by atoms with Gasteiger partial charge in [-0.1, -0.05) is 41.0 Å². The molecule has 0 atom stereocenters. The van der Waals surface area contributed by atoms with Crippen molar-refractivity contribution in [2.45, 2.75) is 53.9 Å². The van der Waals surface area contributed by atoms with E-state index in [1.807, 2.05) is 13.8 Å². The summed E-state index contributed by atoms with van der Waals surface area (Å²) in [5.41, 5.74) is 0.480. The van der Waals surface area contributed by atoms with E-state index in [0.717, 1.165) is 19.0 Å². The molecule has 0 aliphatic carbocycles. The topological polar surface area (TPSA) is 20.3 Å². The number of carbonyl (C=O) groups is 1. The predicted molar refractivity (Wildman–Crippen MR) is 68.2 cm³/mol. The fourth-order valence-corrected chi connectivity index (χ4v) is 2.88. The van der Waals surface area contributed by atoms with Crippen molar-refractivity contribution in [1.82, 2.24) is 4.90 Å². The molecule has 0 N–H and O–H groups in total. The molecule has 0 radical (unpaired) electrons. The first-order chi connectivity index (χ1) is 7.43. The van der Waals surface area contributed by atoms with Gasteiger partial charge < -0.3 is 4.90 Å². The maximum Gasteiger partial charge on any atom is 0.225 e. The van der Waals surface area contributed by atoms with Gasteiger partial charge in [-0.05, 0) is 24.2 Å². The smallest absolute Gasteiger partial charge is 0.225 e. The molecule has 0 aromatic rings. The van der Waals surface area contributed by atoms with Crippen molar-refractivity contribution in [3.63, 3.8) is 0 Å². The molecule has 1 aliphatic rings. The quantitative estimate of drug-likeness (QED) is 0.721. The normalized spacial score (nSPS) is 20.6. The van der Waals surface area contributed by atoms with Crippen LogP contribution in [0.5, 0.6) is 0 Å². The number of hydrogen-bond acceptors (Lipinski definition) is 1. The zero-order chi connectivity index (χ0) is 12.3. The Bertz CT molecular complexity index is 237. The lowest BCUT2D eigenvalue weighted by Gasteiger charge is -2.44. The summed E-state index contributed by atoms with van der Waals surface area (Å²) < 4.78 is 0. The van der Waals surface area contributed by atoms with Gasteiger partial charge in [-0.2, -0.15) is 0 Å². The summed E-state index contributed by atoms with van der Waals surface area (Å²) in [7, 11) is 0. The number of carbonyl (C=O) groups excluding carboxylic acids is 1. The van der Waals surface area contributed by atoms with Crippen LogP contribution in [0.15, 0.2) is 0 Å². The summed E-state index contributed by atoms with van der Waals surface area (Å²) >= 11 is 0. The monoisotopic (exact) mass is 225 g/mol. The lowest BCUT2D eigenvalue weighted by Crippen LogP contribution is -2.46. The zero-order valence-corrected chi connectivity index (χ0v) is 11.5. The van der Waals surface area contributed by atoms with Crippen LogP contribution in [0.2, 0.25) is 0 Å². The molecule has 1 rings (SSSR count). The molecule has 0 unspecified atom stereocenters. The van der Waals surface area contributed by atoms with Crippen molar-refractivity contribution in [2.75, 3.05) is 13.1 Å². The molecule has 1 saturated heterocycles. The highest BCUT2D eigenvalue weighted by Gasteiger charge is 2.36. The van der Waals surface area contributed by atoms with Crippen molar-refractivity contribution in [3.05, 3.63) is 0 Å². The Hall–Kier alpha value is -0.530. The van der Waals surface area contributed by atoms with Crippen molar-refractivity contribution in [2.24, 2.45) is 17.3 Å². The first-order valence-corrected chi connectivity index (χ1v) is 6.71. The van der Waals surface area contributed by atoms with E-state index in [0.29, 0.717) is 11.3 Å². The van der Waals surface area contributed by atoms with Gasteiger partial charge in [-0.3, -0.25) is 4.79 Å². The molecule has 0 aromatic heterocycles. The SMILES string of the molecule is CCC1(C(C)C)CCN(C(=O)C(C)C)CC1. The van der Waals surface area contributed by atoms with Crippen LogP contribution in [0.4, 0.5) is 0 Å². The Kier molecular flexibility index (Phi) is 4.40. The number of likely N-dealkylation sites (tertiary alicyclic amines) is 1. The van der Waals surface area contributed by atoms with E-state index in [9.17, 15) is 4.79 Å². The third-order valence-corrected chi connectivity index (χ3v) is 4.49.